The molecule has 6 nitrogen and oxygen atoms in total. The third kappa shape index (κ3) is 2.65. The number of carbonyl (C=O) groups is 2. The summed E-state index contributed by atoms with van der Waals surface area (Å²) in [5, 5.41) is 9.62. The number of aromatic nitrogens is 2. The van der Waals surface area contributed by atoms with Gasteiger partial charge in [0.05, 0.1) is 9.04 Å². The number of amides is 2. The summed E-state index contributed by atoms with van der Waals surface area (Å²) in [4.78, 5) is 24.2. The van der Waals surface area contributed by atoms with E-state index in [1.54, 1.807) is 13.0 Å². The van der Waals surface area contributed by atoms with Crippen molar-refractivity contribution in [3.63, 3.8) is 0 Å². The summed E-state index contributed by atoms with van der Waals surface area (Å²) in [6.45, 7) is 1.78. The maximum atomic E-state index is 12.1. The Hall–Kier alpha value is -1.90. The summed E-state index contributed by atoms with van der Waals surface area (Å²) in [5.74, 6) is -0.948. The van der Waals surface area contributed by atoms with Crippen molar-refractivity contribution in [2.75, 3.05) is 0 Å². The molecule has 0 fully saturated rings. The Labute approximate surface area is 132 Å². The molecule has 0 atom stereocenters. The van der Waals surface area contributed by atoms with E-state index in [-0.39, 0.29) is 5.69 Å². The van der Waals surface area contributed by atoms with Gasteiger partial charge in [-0.3, -0.25) is 25.5 Å². The van der Waals surface area contributed by atoms with Crippen LogP contribution in [0.5, 0.6) is 0 Å². The number of hydrogen-bond donors (Lipinski definition) is 3. The fourth-order valence-corrected chi connectivity index (χ4v) is 4.23. The highest BCUT2D eigenvalue weighted by molar-refractivity contribution is 7.38. The van der Waals surface area contributed by atoms with Crippen LogP contribution < -0.4 is 10.9 Å². The molecule has 3 aromatic heterocycles. The lowest BCUT2D eigenvalue weighted by atomic mass is 10.3. The highest BCUT2D eigenvalue weighted by atomic mass is 35.5. The molecule has 0 saturated heterocycles. The zero-order valence-corrected chi connectivity index (χ0v) is 13.1. The Morgan fingerprint density at radius 2 is 2.10 bits per heavy atom. The molecule has 0 aromatic carbocycles. The van der Waals surface area contributed by atoms with Crippen molar-refractivity contribution < 1.29 is 9.59 Å². The maximum absolute atomic E-state index is 12.1. The first-order valence-corrected chi connectivity index (χ1v) is 7.92. The van der Waals surface area contributed by atoms with Gasteiger partial charge in [-0.15, -0.1) is 22.7 Å². The quantitative estimate of drug-likeness (QED) is 0.627. The predicted octanol–water partition coefficient (Wildman–Crippen LogP) is 2.72. The number of hydrazine groups is 1. The first kappa shape index (κ1) is 14.1. The fraction of sp³-hybridized carbons (Fsp3) is 0.0833. The molecule has 9 heteroatoms. The molecule has 0 aliphatic rings. The topological polar surface area (TPSA) is 86.9 Å². The summed E-state index contributed by atoms with van der Waals surface area (Å²) in [5.41, 5.74) is 5.60. The molecule has 0 spiro atoms. The molecule has 3 N–H and O–H groups in total. The second kappa shape index (κ2) is 5.47. The lowest BCUT2D eigenvalue weighted by molar-refractivity contribution is 0.0846. The van der Waals surface area contributed by atoms with Gasteiger partial charge in [0.2, 0.25) is 0 Å². The average Bonchev–Trinajstić information content (AvgIpc) is 3.14. The number of rotatable bonds is 2. The molecule has 21 heavy (non-hydrogen) atoms. The van der Waals surface area contributed by atoms with Crippen molar-refractivity contribution >= 4 is 55.5 Å². The van der Waals surface area contributed by atoms with Crippen LogP contribution in [0.1, 0.15) is 25.9 Å². The monoisotopic (exact) mass is 340 g/mol. The van der Waals surface area contributed by atoms with E-state index >= 15 is 0 Å². The Balaban J connectivity index is 1.70. The van der Waals surface area contributed by atoms with E-state index in [0.29, 0.717) is 9.90 Å². The normalized spacial score (nSPS) is 10.8. The Morgan fingerprint density at radius 3 is 2.76 bits per heavy atom. The number of halogens is 1. The van der Waals surface area contributed by atoms with E-state index < -0.39 is 11.8 Å². The third-order valence-corrected chi connectivity index (χ3v) is 5.44. The molecule has 0 radical (unpaired) electrons. The van der Waals surface area contributed by atoms with Crippen LogP contribution >= 0.6 is 34.3 Å². The van der Waals surface area contributed by atoms with Gasteiger partial charge in [-0.05, 0) is 24.4 Å². The van der Waals surface area contributed by atoms with Crippen LogP contribution in [0, 0.1) is 6.92 Å². The number of aromatic amines is 1. The minimum atomic E-state index is -0.498. The van der Waals surface area contributed by atoms with Crippen LogP contribution in [0.4, 0.5) is 0 Å². The summed E-state index contributed by atoms with van der Waals surface area (Å²) in [7, 11) is 0. The fourth-order valence-electron chi connectivity index (χ4n) is 1.71. The number of carbonyl (C=O) groups excluding carboxylic acids is 2. The molecule has 0 unspecified atom stereocenters. The summed E-state index contributed by atoms with van der Waals surface area (Å²) < 4.78 is 0.972. The first-order valence-electron chi connectivity index (χ1n) is 5.84. The summed E-state index contributed by atoms with van der Waals surface area (Å²) >= 11 is 8.96. The number of hydrogen-bond acceptors (Lipinski definition) is 5. The van der Waals surface area contributed by atoms with Crippen molar-refractivity contribution in [1.29, 1.82) is 0 Å². The molecule has 3 heterocycles. The largest absolute Gasteiger partial charge is 0.290 e. The van der Waals surface area contributed by atoms with Gasteiger partial charge in [0.1, 0.15) is 4.88 Å². The van der Waals surface area contributed by atoms with Crippen LogP contribution in [-0.2, 0) is 0 Å². The molecular weight excluding hydrogens is 332 g/mol. The predicted molar refractivity (Wildman–Crippen MR) is 83.0 cm³/mol. The number of nitrogens with one attached hydrogen (secondary N) is 3. The molecular formula is C12H9ClN4O2S2. The zero-order chi connectivity index (χ0) is 15.0. The first-order chi connectivity index (χ1) is 10.1. The van der Waals surface area contributed by atoms with E-state index in [1.165, 1.54) is 22.7 Å². The van der Waals surface area contributed by atoms with Gasteiger partial charge in [-0.1, -0.05) is 11.6 Å². The molecule has 108 valence electrons. The minimum absolute atomic E-state index is 0.200. The number of fused-ring (bicyclic) bond motifs is 1. The van der Waals surface area contributed by atoms with Crippen LogP contribution in [0.15, 0.2) is 17.5 Å². The second-order valence-electron chi connectivity index (χ2n) is 4.21. The SMILES string of the molecule is Cc1cc(C(=O)NNC(=O)c2sc3sccc3c2Cl)n[nH]1. The summed E-state index contributed by atoms with van der Waals surface area (Å²) in [6, 6.07) is 3.44. The van der Waals surface area contributed by atoms with Crippen LogP contribution in [0.3, 0.4) is 0 Å². The van der Waals surface area contributed by atoms with E-state index in [4.69, 9.17) is 11.6 Å². The van der Waals surface area contributed by atoms with Gasteiger partial charge in [0.25, 0.3) is 11.8 Å². The highest BCUT2D eigenvalue weighted by Crippen LogP contribution is 2.38. The number of thiophene rings is 2. The number of nitrogens with zero attached hydrogens (tertiary/aromatic N) is 1. The average molecular weight is 341 g/mol. The van der Waals surface area contributed by atoms with Crippen molar-refractivity contribution in [1.82, 2.24) is 21.0 Å². The molecule has 0 saturated carbocycles. The maximum Gasteiger partial charge on any atom is 0.290 e. The Bertz CT molecular complexity index is 835. The molecule has 0 aliphatic heterocycles. The van der Waals surface area contributed by atoms with E-state index in [9.17, 15) is 9.59 Å². The second-order valence-corrected chi connectivity index (χ2v) is 6.78. The molecule has 0 aliphatic carbocycles. The van der Waals surface area contributed by atoms with Crippen LogP contribution in [-0.4, -0.2) is 22.0 Å². The van der Waals surface area contributed by atoms with Gasteiger partial charge in [0.15, 0.2) is 5.69 Å². The smallest absolute Gasteiger partial charge is 0.282 e. The van der Waals surface area contributed by atoms with Crippen LogP contribution in [0.25, 0.3) is 9.40 Å². The highest BCUT2D eigenvalue weighted by Gasteiger charge is 2.19. The number of aryl methyl sites for hydroxylation is 1. The van der Waals surface area contributed by atoms with Gasteiger partial charge < -0.3 is 0 Å². The zero-order valence-electron chi connectivity index (χ0n) is 10.7. The van der Waals surface area contributed by atoms with Crippen molar-refractivity contribution in [2.24, 2.45) is 0 Å². The van der Waals surface area contributed by atoms with E-state index in [2.05, 4.69) is 21.0 Å². The van der Waals surface area contributed by atoms with Gasteiger partial charge in [-0.2, -0.15) is 5.10 Å². The molecule has 0 bridgehead atoms. The lowest BCUT2D eigenvalue weighted by Gasteiger charge is -2.04. The molecule has 3 rings (SSSR count). The Morgan fingerprint density at radius 1 is 1.33 bits per heavy atom. The van der Waals surface area contributed by atoms with Gasteiger partial charge in [-0.25, -0.2) is 0 Å². The number of H-pyrrole nitrogens is 1. The molecule has 3 aromatic rings. The van der Waals surface area contributed by atoms with Crippen LogP contribution in [0.2, 0.25) is 5.02 Å². The van der Waals surface area contributed by atoms with Crippen molar-refractivity contribution in [2.45, 2.75) is 6.92 Å². The van der Waals surface area contributed by atoms with E-state index in [0.717, 1.165) is 15.1 Å². The third-order valence-electron chi connectivity index (χ3n) is 2.69. The Kier molecular flexibility index (Phi) is 3.66. The standard InChI is InChI=1S/C12H9ClN4O2S2/c1-5-4-7(15-14-5)10(18)16-17-11(19)9-8(13)6-2-3-20-12(6)21-9/h2-4H,1H3,(H,14,15)(H,16,18)(H,17,19). The van der Waals surface area contributed by atoms with Crippen molar-refractivity contribution in [3.8, 4) is 0 Å². The minimum Gasteiger partial charge on any atom is -0.282 e. The molecule has 2 amide bonds. The van der Waals surface area contributed by atoms with Gasteiger partial charge in [0, 0.05) is 11.1 Å². The van der Waals surface area contributed by atoms with E-state index in [1.807, 2.05) is 11.4 Å². The summed E-state index contributed by atoms with van der Waals surface area (Å²) in [6.07, 6.45) is 0. The lowest BCUT2D eigenvalue weighted by Crippen LogP contribution is -2.41. The van der Waals surface area contributed by atoms with Crippen molar-refractivity contribution in [3.05, 3.63) is 38.8 Å². The van der Waals surface area contributed by atoms with Gasteiger partial charge >= 0.3 is 0 Å².